The molecule has 0 unspecified atom stereocenters. The molecular weight excluding hydrogens is 330 g/mol. The van der Waals surface area contributed by atoms with E-state index >= 15 is 0 Å². The summed E-state index contributed by atoms with van der Waals surface area (Å²) in [7, 11) is 0. The highest BCUT2D eigenvalue weighted by atomic mass is 79.9. The van der Waals surface area contributed by atoms with Crippen molar-refractivity contribution in [2.45, 2.75) is 13.5 Å². The first-order valence-electron chi connectivity index (χ1n) is 6.10. The average Bonchev–Trinajstić information content (AvgIpc) is 2.44. The zero-order valence-electron chi connectivity index (χ0n) is 10.8. The molecule has 0 aliphatic heterocycles. The summed E-state index contributed by atoms with van der Waals surface area (Å²) in [6.07, 6.45) is 0. The third-order valence-corrected chi connectivity index (χ3v) is 3.25. The number of halogens is 3. The van der Waals surface area contributed by atoms with Crippen molar-refractivity contribution in [3.8, 4) is 11.5 Å². The van der Waals surface area contributed by atoms with E-state index < -0.39 is 11.6 Å². The molecule has 0 aromatic heterocycles. The van der Waals surface area contributed by atoms with Gasteiger partial charge >= 0.3 is 0 Å². The molecule has 0 bridgehead atoms. The molecule has 0 amide bonds. The van der Waals surface area contributed by atoms with Crippen LogP contribution in [-0.2, 0) is 6.61 Å². The minimum Gasteiger partial charge on any atom is -0.494 e. The number of hydrogen-bond donors (Lipinski definition) is 0. The van der Waals surface area contributed by atoms with Crippen molar-refractivity contribution >= 4 is 15.9 Å². The summed E-state index contributed by atoms with van der Waals surface area (Å²) in [5, 5.41) is 0. The van der Waals surface area contributed by atoms with Gasteiger partial charge in [-0.05, 0) is 47.1 Å². The Labute approximate surface area is 124 Å². The Kier molecular flexibility index (Phi) is 4.95. The highest BCUT2D eigenvalue weighted by Crippen LogP contribution is 2.24. The van der Waals surface area contributed by atoms with Crippen LogP contribution in [0.4, 0.5) is 8.78 Å². The smallest absolute Gasteiger partial charge is 0.146 e. The minimum absolute atomic E-state index is 0.110. The summed E-state index contributed by atoms with van der Waals surface area (Å²) in [5.41, 5.74) is -0.110. The van der Waals surface area contributed by atoms with Crippen LogP contribution in [-0.4, -0.2) is 6.61 Å². The Morgan fingerprint density at radius 2 is 1.75 bits per heavy atom. The van der Waals surface area contributed by atoms with Crippen LogP contribution < -0.4 is 9.47 Å². The van der Waals surface area contributed by atoms with Gasteiger partial charge in [-0.2, -0.15) is 0 Å². The zero-order chi connectivity index (χ0) is 14.5. The molecule has 0 spiro atoms. The largest absolute Gasteiger partial charge is 0.494 e. The molecule has 2 aromatic rings. The Bertz CT molecular complexity index is 602. The van der Waals surface area contributed by atoms with Crippen LogP contribution in [0.3, 0.4) is 0 Å². The van der Waals surface area contributed by atoms with E-state index in [0.29, 0.717) is 18.1 Å². The van der Waals surface area contributed by atoms with Crippen LogP contribution >= 0.6 is 15.9 Å². The summed E-state index contributed by atoms with van der Waals surface area (Å²) in [4.78, 5) is 0. The van der Waals surface area contributed by atoms with Crippen molar-refractivity contribution in [2.24, 2.45) is 0 Å². The maximum atomic E-state index is 13.8. The molecular formula is C15H13BrF2O2. The first-order valence-corrected chi connectivity index (χ1v) is 6.89. The summed E-state index contributed by atoms with van der Waals surface area (Å²) >= 11 is 3.02. The number of benzene rings is 2. The van der Waals surface area contributed by atoms with Crippen molar-refractivity contribution < 1.29 is 18.3 Å². The minimum atomic E-state index is -0.647. The molecule has 2 aromatic carbocycles. The van der Waals surface area contributed by atoms with Gasteiger partial charge in [-0.3, -0.25) is 0 Å². The zero-order valence-corrected chi connectivity index (χ0v) is 12.4. The molecule has 0 fully saturated rings. The third kappa shape index (κ3) is 3.48. The van der Waals surface area contributed by atoms with Crippen molar-refractivity contribution in [3.05, 3.63) is 58.1 Å². The summed E-state index contributed by atoms with van der Waals surface area (Å²) in [6, 6.07) is 9.45. The monoisotopic (exact) mass is 342 g/mol. The molecule has 0 heterocycles. The molecule has 0 atom stereocenters. The lowest BCUT2D eigenvalue weighted by Gasteiger charge is -2.10. The molecule has 0 aliphatic carbocycles. The van der Waals surface area contributed by atoms with Gasteiger partial charge in [-0.15, -0.1) is 0 Å². The van der Waals surface area contributed by atoms with E-state index in [4.69, 9.17) is 9.47 Å². The number of hydrogen-bond acceptors (Lipinski definition) is 2. The van der Waals surface area contributed by atoms with E-state index in [2.05, 4.69) is 15.9 Å². The second kappa shape index (κ2) is 6.70. The van der Waals surface area contributed by atoms with Crippen molar-refractivity contribution in [2.75, 3.05) is 6.61 Å². The fraction of sp³-hybridized carbons (Fsp3) is 0.200. The SMILES string of the molecule is CCOc1cccc(OCc2c(F)ccc(Br)c2F)c1. The molecule has 20 heavy (non-hydrogen) atoms. The van der Waals surface area contributed by atoms with Gasteiger partial charge in [0.25, 0.3) is 0 Å². The molecule has 0 aliphatic rings. The van der Waals surface area contributed by atoms with Crippen molar-refractivity contribution in [1.29, 1.82) is 0 Å². The van der Waals surface area contributed by atoms with Crippen LogP contribution in [0.15, 0.2) is 40.9 Å². The maximum absolute atomic E-state index is 13.8. The van der Waals surface area contributed by atoms with Crippen LogP contribution in [0.1, 0.15) is 12.5 Å². The van der Waals surface area contributed by atoms with E-state index in [-0.39, 0.29) is 16.6 Å². The van der Waals surface area contributed by atoms with E-state index in [1.54, 1.807) is 24.3 Å². The molecule has 2 rings (SSSR count). The Balaban J connectivity index is 2.13. The van der Waals surface area contributed by atoms with Gasteiger partial charge in [-0.1, -0.05) is 6.07 Å². The normalized spacial score (nSPS) is 10.4. The van der Waals surface area contributed by atoms with Crippen molar-refractivity contribution in [1.82, 2.24) is 0 Å². The highest BCUT2D eigenvalue weighted by molar-refractivity contribution is 9.10. The van der Waals surface area contributed by atoms with Gasteiger partial charge < -0.3 is 9.47 Å². The number of rotatable bonds is 5. The van der Waals surface area contributed by atoms with Crippen molar-refractivity contribution in [3.63, 3.8) is 0 Å². The van der Waals surface area contributed by atoms with Gasteiger partial charge in [-0.25, -0.2) is 8.78 Å². The highest BCUT2D eigenvalue weighted by Gasteiger charge is 2.13. The lowest BCUT2D eigenvalue weighted by molar-refractivity contribution is 0.287. The number of ether oxygens (including phenoxy) is 2. The van der Waals surface area contributed by atoms with Crippen LogP contribution in [0.2, 0.25) is 0 Å². The van der Waals surface area contributed by atoms with Gasteiger partial charge in [0.05, 0.1) is 16.6 Å². The standard InChI is InChI=1S/C15H13BrF2O2/c1-2-19-10-4-3-5-11(8-10)20-9-12-14(17)7-6-13(16)15(12)18/h3-8H,2,9H2,1H3. The first kappa shape index (κ1) is 14.8. The van der Waals surface area contributed by atoms with Crippen LogP contribution in [0, 0.1) is 11.6 Å². The lowest BCUT2D eigenvalue weighted by atomic mass is 10.2. The summed E-state index contributed by atoms with van der Waals surface area (Å²) < 4.78 is 38.3. The van der Waals surface area contributed by atoms with Gasteiger partial charge in [0, 0.05) is 6.07 Å². The van der Waals surface area contributed by atoms with Gasteiger partial charge in [0.15, 0.2) is 0 Å². The Morgan fingerprint density at radius 1 is 1.05 bits per heavy atom. The Hall–Kier alpha value is -1.62. The van der Waals surface area contributed by atoms with Crippen LogP contribution in [0.5, 0.6) is 11.5 Å². The molecule has 106 valence electrons. The lowest BCUT2D eigenvalue weighted by Crippen LogP contribution is -2.03. The first-order chi connectivity index (χ1) is 9.61. The molecule has 0 saturated heterocycles. The fourth-order valence-corrected chi connectivity index (χ4v) is 2.05. The quantitative estimate of drug-likeness (QED) is 0.733. The van der Waals surface area contributed by atoms with Crippen LogP contribution in [0.25, 0.3) is 0 Å². The molecule has 2 nitrogen and oxygen atoms in total. The predicted octanol–water partition coefficient (Wildman–Crippen LogP) is 4.71. The fourth-order valence-electron chi connectivity index (χ4n) is 1.68. The van der Waals surface area contributed by atoms with Gasteiger partial charge in [0.2, 0.25) is 0 Å². The maximum Gasteiger partial charge on any atom is 0.146 e. The summed E-state index contributed by atoms with van der Waals surface area (Å²) in [5.74, 6) is -0.132. The Morgan fingerprint density at radius 3 is 2.45 bits per heavy atom. The van der Waals surface area contributed by atoms with E-state index in [1.165, 1.54) is 12.1 Å². The van der Waals surface area contributed by atoms with E-state index in [1.807, 2.05) is 6.92 Å². The second-order valence-electron chi connectivity index (χ2n) is 4.02. The third-order valence-electron chi connectivity index (χ3n) is 2.64. The predicted molar refractivity (Wildman–Crippen MR) is 76.0 cm³/mol. The topological polar surface area (TPSA) is 18.5 Å². The summed E-state index contributed by atoms with van der Waals surface area (Å²) in [6.45, 7) is 2.23. The molecule has 0 saturated carbocycles. The molecule has 5 heteroatoms. The van der Waals surface area contributed by atoms with E-state index in [0.717, 1.165) is 0 Å². The van der Waals surface area contributed by atoms with Gasteiger partial charge in [0.1, 0.15) is 29.7 Å². The van der Waals surface area contributed by atoms with E-state index in [9.17, 15) is 8.78 Å². The second-order valence-corrected chi connectivity index (χ2v) is 4.87. The molecule has 0 N–H and O–H groups in total. The average molecular weight is 343 g/mol. The molecule has 0 radical (unpaired) electrons.